The van der Waals surface area contributed by atoms with Gasteiger partial charge in [-0.05, 0) is 35.6 Å². The Morgan fingerprint density at radius 3 is 2.26 bits per heavy atom. The van der Waals surface area contributed by atoms with E-state index in [0.29, 0.717) is 65.6 Å². The monoisotopic (exact) mass is 660 g/mol. The van der Waals surface area contributed by atoms with E-state index in [9.17, 15) is 15.0 Å². The van der Waals surface area contributed by atoms with Crippen molar-refractivity contribution in [3.63, 3.8) is 0 Å². The molecule has 2 N–H and O–H groups in total. The number of halogens is 2. The summed E-state index contributed by atoms with van der Waals surface area (Å²) < 4.78 is 11.4. The van der Waals surface area contributed by atoms with Crippen LogP contribution in [0.4, 0.5) is 0 Å². The van der Waals surface area contributed by atoms with Crippen LogP contribution in [-0.4, -0.2) is 88.5 Å². The fraction of sp³-hybridized carbons (Fsp3) is 0.343. The minimum Gasteiger partial charge on any atom is -0.496 e. The van der Waals surface area contributed by atoms with Crippen molar-refractivity contribution >= 4 is 29.2 Å². The first-order valence-corrected chi connectivity index (χ1v) is 16.0. The molecule has 0 spiro atoms. The van der Waals surface area contributed by atoms with Gasteiger partial charge in [-0.3, -0.25) is 19.6 Å². The van der Waals surface area contributed by atoms with Gasteiger partial charge in [0.15, 0.2) is 0 Å². The van der Waals surface area contributed by atoms with Gasteiger partial charge in [0.1, 0.15) is 11.4 Å². The number of carboxylic acid groups (broad SMARTS) is 1. The van der Waals surface area contributed by atoms with Gasteiger partial charge >= 0.3 is 5.97 Å². The molecule has 0 amide bonds. The van der Waals surface area contributed by atoms with Crippen molar-refractivity contribution in [3.8, 4) is 45.1 Å². The van der Waals surface area contributed by atoms with Gasteiger partial charge in [-0.25, -0.2) is 4.98 Å². The average molecular weight is 662 g/mol. The van der Waals surface area contributed by atoms with Crippen molar-refractivity contribution in [1.82, 2.24) is 19.8 Å². The Balaban J connectivity index is 1.18. The minimum atomic E-state index is -0.725. The first kappa shape index (κ1) is 30.9. The lowest BCUT2D eigenvalue weighted by Crippen LogP contribution is -2.55. The van der Waals surface area contributed by atoms with Crippen molar-refractivity contribution in [2.24, 2.45) is 5.92 Å². The van der Waals surface area contributed by atoms with Crippen molar-refractivity contribution < 1.29 is 24.5 Å². The first-order valence-electron chi connectivity index (χ1n) is 15.3. The second-order valence-corrected chi connectivity index (χ2v) is 13.0. The number of aliphatic hydroxyl groups is 1. The number of likely N-dealkylation sites (tertiary alicyclic amines) is 2. The molecule has 46 heavy (non-hydrogen) atoms. The molecule has 2 saturated heterocycles. The molecule has 11 heteroatoms. The minimum absolute atomic E-state index is 0.262. The lowest BCUT2D eigenvalue weighted by Gasteiger charge is -2.41. The number of β-amino-alcohol motifs (C(OH)–C–C–N with tert-alkyl or cyclic N) is 1. The summed E-state index contributed by atoms with van der Waals surface area (Å²) in [5.41, 5.74) is 7.72. The van der Waals surface area contributed by atoms with Gasteiger partial charge in [0.25, 0.3) is 0 Å². The predicted octanol–water partition coefficient (Wildman–Crippen LogP) is 5.46. The number of aromatic nitrogens is 2. The van der Waals surface area contributed by atoms with Gasteiger partial charge in [-0.2, -0.15) is 0 Å². The Hall–Kier alpha value is -3.73. The molecule has 238 valence electrons. The van der Waals surface area contributed by atoms with E-state index in [-0.39, 0.29) is 18.1 Å². The summed E-state index contributed by atoms with van der Waals surface area (Å²) in [6.45, 7) is 2.92. The molecule has 0 saturated carbocycles. The van der Waals surface area contributed by atoms with Crippen LogP contribution in [0.1, 0.15) is 16.8 Å². The van der Waals surface area contributed by atoms with Gasteiger partial charge < -0.3 is 19.7 Å². The van der Waals surface area contributed by atoms with E-state index in [1.807, 2.05) is 42.5 Å². The van der Waals surface area contributed by atoms with E-state index >= 15 is 0 Å². The molecule has 0 unspecified atom stereocenters. The summed E-state index contributed by atoms with van der Waals surface area (Å²) in [6.07, 6.45) is 3.06. The number of hydrogen-bond acceptors (Lipinski definition) is 8. The molecule has 1 atom stereocenters. The lowest BCUT2D eigenvalue weighted by atomic mass is 9.95. The van der Waals surface area contributed by atoms with Gasteiger partial charge in [-0.15, -0.1) is 0 Å². The molecule has 4 aromatic rings. The topological polar surface area (TPSA) is 108 Å². The van der Waals surface area contributed by atoms with Crippen LogP contribution in [0.15, 0.2) is 54.7 Å². The number of carbonyl (C=O) groups is 1. The molecule has 2 aliphatic heterocycles. The standard InChI is InChI=1S/C35H34Cl2N4O5/c1-45-31-11-20(9-19-10-22(12-28(19)31)41-14-21(15-41)35(43)44)24-5-3-6-25(32(24)36)26-7-4-8-27(33(26)37)29-13-38-30(34(39-29)46-2)18-40-16-23(42)17-40/h3-9,11,13,21-23,42H,10,12,14-18H2,1-2H3,(H,43,44)/t22-/m1/s1. The summed E-state index contributed by atoms with van der Waals surface area (Å²) in [6, 6.07) is 16.2. The van der Waals surface area contributed by atoms with Crippen LogP contribution in [0.2, 0.25) is 10.0 Å². The molecule has 1 aromatic heterocycles. The highest BCUT2D eigenvalue weighted by molar-refractivity contribution is 6.39. The summed E-state index contributed by atoms with van der Waals surface area (Å²) in [4.78, 5) is 25.0. The summed E-state index contributed by atoms with van der Waals surface area (Å²) in [5, 5.41) is 20.0. The maximum atomic E-state index is 11.3. The summed E-state index contributed by atoms with van der Waals surface area (Å²) in [7, 11) is 3.25. The van der Waals surface area contributed by atoms with E-state index in [1.165, 1.54) is 11.1 Å². The van der Waals surface area contributed by atoms with Crippen LogP contribution in [0, 0.1) is 5.92 Å². The van der Waals surface area contributed by atoms with Crippen LogP contribution in [0.5, 0.6) is 11.6 Å². The number of carboxylic acids is 1. The highest BCUT2D eigenvalue weighted by Gasteiger charge is 2.39. The molecule has 3 heterocycles. The van der Waals surface area contributed by atoms with E-state index in [0.717, 1.165) is 40.8 Å². The Kier molecular flexibility index (Phi) is 8.37. The Morgan fingerprint density at radius 2 is 1.61 bits per heavy atom. The lowest BCUT2D eigenvalue weighted by molar-refractivity contribution is -0.148. The third-order valence-electron chi connectivity index (χ3n) is 9.38. The van der Waals surface area contributed by atoms with E-state index < -0.39 is 5.97 Å². The maximum absolute atomic E-state index is 11.3. The van der Waals surface area contributed by atoms with Gasteiger partial charge in [0.2, 0.25) is 5.88 Å². The molecule has 9 nitrogen and oxygen atoms in total. The van der Waals surface area contributed by atoms with E-state index in [1.54, 1.807) is 20.4 Å². The van der Waals surface area contributed by atoms with Crippen LogP contribution >= 0.6 is 23.2 Å². The van der Waals surface area contributed by atoms with Gasteiger partial charge in [-0.1, -0.05) is 65.7 Å². The molecular weight excluding hydrogens is 627 g/mol. The molecule has 7 rings (SSSR count). The predicted molar refractivity (Wildman–Crippen MR) is 177 cm³/mol. The number of rotatable bonds is 9. The zero-order valence-corrected chi connectivity index (χ0v) is 27.1. The highest BCUT2D eigenvalue weighted by atomic mass is 35.5. The van der Waals surface area contributed by atoms with Crippen LogP contribution in [-0.2, 0) is 24.2 Å². The third-order valence-corrected chi connectivity index (χ3v) is 10.2. The molecular formula is C35H34Cl2N4O5. The van der Waals surface area contributed by atoms with E-state index in [2.05, 4.69) is 20.9 Å². The van der Waals surface area contributed by atoms with E-state index in [4.69, 9.17) is 37.7 Å². The fourth-order valence-electron chi connectivity index (χ4n) is 6.82. The van der Waals surface area contributed by atoms with Crippen molar-refractivity contribution in [3.05, 3.63) is 81.6 Å². The summed E-state index contributed by atoms with van der Waals surface area (Å²) >= 11 is 14.2. The Labute approximate surface area is 277 Å². The van der Waals surface area contributed by atoms with Crippen LogP contribution < -0.4 is 9.47 Å². The van der Waals surface area contributed by atoms with Crippen LogP contribution in [0.3, 0.4) is 0 Å². The zero-order valence-electron chi connectivity index (χ0n) is 25.5. The number of benzene rings is 3. The largest absolute Gasteiger partial charge is 0.496 e. The Bertz CT molecular complexity index is 1820. The van der Waals surface area contributed by atoms with Crippen molar-refractivity contribution in [2.45, 2.75) is 31.5 Å². The smallest absolute Gasteiger partial charge is 0.309 e. The number of nitrogens with zero attached hydrogens (tertiary/aromatic N) is 4. The number of fused-ring (bicyclic) bond motifs is 1. The number of ether oxygens (including phenoxy) is 2. The highest BCUT2D eigenvalue weighted by Crippen LogP contribution is 2.45. The number of aliphatic hydroxyl groups excluding tert-OH is 1. The van der Waals surface area contributed by atoms with Gasteiger partial charge in [0, 0.05) is 61.0 Å². The second-order valence-electron chi connectivity index (χ2n) is 12.3. The van der Waals surface area contributed by atoms with Crippen LogP contribution in [0.25, 0.3) is 33.5 Å². The Morgan fingerprint density at radius 1 is 0.935 bits per heavy atom. The second kappa shape index (κ2) is 12.5. The average Bonchev–Trinajstić information content (AvgIpc) is 3.43. The fourth-order valence-corrected chi connectivity index (χ4v) is 7.49. The normalized spacial score (nSPS) is 18.6. The molecule has 1 aliphatic carbocycles. The molecule has 2 fully saturated rings. The van der Waals surface area contributed by atoms with Crippen molar-refractivity contribution in [2.75, 3.05) is 40.4 Å². The van der Waals surface area contributed by atoms with Crippen molar-refractivity contribution in [1.29, 1.82) is 0 Å². The molecule has 3 aromatic carbocycles. The molecule has 3 aliphatic rings. The SMILES string of the molecule is COc1cc(-c2cccc(-c3cccc(-c4cnc(CN5CC(O)C5)c(OC)n4)c3Cl)c2Cl)cc2c1C[C@H](N1CC(C(=O)O)C1)C2. The number of hydrogen-bond donors (Lipinski definition) is 2. The zero-order chi connectivity index (χ0) is 32.1. The summed E-state index contributed by atoms with van der Waals surface area (Å²) in [5.74, 6) is 0.224. The number of methoxy groups -OCH3 is 2. The molecule has 0 radical (unpaired) electrons. The maximum Gasteiger partial charge on any atom is 0.309 e. The first-order chi connectivity index (χ1) is 22.2. The van der Waals surface area contributed by atoms with Gasteiger partial charge in [0.05, 0.1) is 48.2 Å². The quantitative estimate of drug-likeness (QED) is 0.242. The molecule has 0 bridgehead atoms. The third kappa shape index (κ3) is 5.60. The number of aliphatic carboxylic acids is 1.